The molecule has 0 radical (unpaired) electrons. The Balaban J connectivity index is 2.07. The summed E-state index contributed by atoms with van der Waals surface area (Å²) in [6.07, 6.45) is 1.47. The van der Waals surface area contributed by atoms with Crippen LogP contribution in [0.3, 0.4) is 0 Å². The first-order valence-electron chi connectivity index (χ1n) is 6.48. The van der Waals surface area contributed by atoms with Gasteiger partial charge < -0.3 is 19.5 Å². The molecule has 6 nitrogen and oxygen atoms in total. The van der Waals surface area contributed by atoms with Gasteiger partial charge in [0.25, 0.3) is 0 Å². The molecule has 0 aromatic heterocycles. The molecule has 0 aliphatic heterocycles. The topological polar surface area (TPSA) is 73.9 Å². The van der Waals surface area contributed by atoms with E-state index in [1.807, 2.05) is 20.8 Å². The highest BCUT2D eigenvalue weighted by atomic mass is 16.6. The van der Waals surface area contributed by atoms with Crippen molar-refractivity contribution in [3.8, 4) is 0 Å². The molecule has 6 heteroatoms. The molecule has 1 fully saturated rings. The third kappa shape index (κ3) is 6.42. The predicted molar refractivity (Wildman–Crippen MR) is 68.8 cm³/mol. The molecule has 1 aliphatic carbocycles. The Labute approximate surface area is 113 Å². The molecular formula is C13H23NO5. The first-order chi connectivity index (χ1) is 8.80. The van der Waals surface area contributed by atoms with Gasteiger partial charge in [-0.15, -0.1) is 0 Å². The Kier molecular flexibility index (Phi) is 5.60. The quantitative estimate of drug-likeness (QED) is 0.770. The molecule has 0 aromatic carbocycles. The van der Waals surface area contributed by atoms with Crippen LogP contribution in [0.1, 0.15) is 40.0 Å². The van der Waals surface area contributed by atoms with E-state index in [1.165, 1.54) is 7.11 Å². The molecule has 110 valence electrons. The van der Waals surface area contributed by atoms with Crippen LogP contribution in [0, 0.1) is 0 Å². The molecule has 19 heavy (non-hydrogen) atoms. The fourth-order valence-electron chi connectivity index (χ4n) is 1.70. The van der Waals surface area contributed by atoms with E-state index in [0.717, 1.165) is 12.8 Å². The van der Waals surface area contributed by atoms with E-state index in [9.17, 15) is 9.59 Å². The molecule has 0 saturated heterocycles. The van der Waals surface area contributed by atoms with E-state index >= 15 is 0 Å². The molecule has 1 amide bonds. The van der Waals surface area contributed by atoms with E-state index in [1.54, 1.807) is 0 Å². The summed E-state index contributed by atoms with van der Waals surface area (Å²) in [5, 5.41) is 2.78. The predicted octanol–water partition coefficient (Wildman–Crippen LogP) is 1.62. The van der Waals surface area contributed by atoms with Crippen LogP contribution in [0.5, 0.6) is 0 Å². The molecule has 1 aliphatic rings. The molecule has 1 N–H and O–H groups in total. The largest absolute Gasteiger partial charge is 0.469 e. The summed E-state index contributed by atoms with van der Waals surface area (Å²) in [6.45, 7) is 5.83. The van der Waals surface area contributed by atoms with Gasteiger partial charge in [-0.1, -0.05) is 0 Å². The summed E-state index contributed by atoms with van der Waals surface area (Å²) in [5.41, 5.74) is -0.482. The van der Waals surface area contributed by atoms with Crippen LogP contribution < -0.4 is 5.32 Å². The minimum Gasteiger partial charge on any atom is -0.469 e. The van der Waals surface area contributed by atoms with Crippen LogP contribution in [0.15, 0.2) is 0 Å². The van der Waals surface area contributed by atoms with E-state index in [2.05, 4.69) is 10.1 Å². The zero-order chi connectivity index (χ0) is 14.5. The summed E-state index contributed by atoms with van der Waals surface area (Å²) in [5.74, 6) is -0.275. The average Bonchev–Trinajstić information content (AvgIpc) is 2.22. The van der Waals surface area contributed by atoms with E-state index < -0.39 is 11.7 Å². The van der Waals surface area contributed by atoms with Crippen molar-refractivity contribution in [2.45, 2.75) is 57.8 Å². The van der Waals surface area contributed by atoms with E-state index in [4.69, 9.17) is 9.47 Å². The molecule has 0 unspecified atom stereocenters. The maximum Gasteiger partial charge on any atom is 0.407 e. The molecule has 0 heterocycles. The smallest absolute Gasteiger partial charge is 0.407 e. The van der Waals surface area contributed by atoms with Gasteiger partial charge in [-0.25, -0.2) is 4.79 Å². The first-order valence-corrected chi connectivity index (χ1v) is 6.48. The Hall–Kier alpha value is -1.30. The molecule has 0 spiro atoms. The van der Waals surface area contributed by atoms with Gasteiger partial charge in [0.15, 0.2) is 0 Å². The van der Waals surface area contributed by atoms with Gasteiger partial charge >= 0.3 is 12.1 Å². The van der Waals surface area contributed by atoms with Gasteiger partial charge in [0, 0.05) is 6.04 Å². The molecule has 1 rings (SSSR count). The monoisotopic (exact) mass is 273 g/mol. The summed E-state index contributed by atoms with van der Waals surface area (Å²) >= 11 is 0. The Morgan fingerprint density at radius 3 is 2.42 bits per heavy atom. The molecule has 0 aromatic rings. The number of esters is 1. The van der Waals surface area contributed by atoms with Crippen LogP contribution in [-0.4, -0.2) is 43.5 Å². The SMILES string of the molecule is COC(=O)CCOC1CC(NC(=O)OC(C)(C)C)C1. The van der Waals surface area contributed by atoms with Crippen molar-refractivity contribution < 1.29 is 23.8 Å². The molecule has 0 bridgehead atoms. The number of carbonyl (C=O) groups is 2. The zero-order valence-electron chi connectivity index (χ0n) is 12.0. The summed E-state index contributed by atoms with van der Waals surface area (Å²) in [7, 11) is 1.35. The van der Waals surface area contributed by atoms with Gasteiger partial charge in [-0.2, -0.15) is 0 Å². The van der Waals surface area contributed by atoms with Crippen LogP contribution in [0.25, 0.3) is 0 Å². The number of alkyl carbamates (subject to hydrolysis) is 1. The Morgan fingerprint density at radius 1 is 1.26 bits per heavy atom. The Morgan fingerprint density at radius 2 is 1.89 bits per heavy atom. The van der Waals surface area contributed by atoms with Crippen molar-refractivity contribution in [1.82, 2.24) is 5.32 Å². The van der Waals surface area contributed by atoms with Crippen molar-refractivity contribution in [3.63, 3.8) is 0 Å². The van der Waals surface area contributed by atoms with E-state index in [0.29, 0.717) is 6.61 Å². The highest BCUT2D eigenvalue weighted by Gasteiger charge is 2.32. The van der Waals surface area contributed by atoms with Crippen molar-refractivity contribution in [2.75, 3.05) is 13.7 Å². The van der Waals surface area contributed by atoms with E-state index in [-0.39, 0.29) is 24.5 Å². The number of ether oxygens (including phenoxy) is 3. The number of carbonyl (C=O) groups excluding carboxylic acids is 2. The summed E-state index contributed by atoms with van der Waals surface area (Å²) in [4.78, 5) is 22.3. The molecule has 0 atom stereocenters. The highest BCUT2D eigenvalue weighted by molar-refractivity contribution is 5.69. The number of amides is 1. The lowest BCUT2D eigenvalue weighted by Gasteiger charge is -2.35. The number of methoxy groups -OCH3 is 1. The maximum absolute atomic E-state index is 11.5. The standard InChI is InChI=1S/C13H23NO5/c1-13(2,3)19-12(16)14-9-7-10(8-9)18-6-5-11(15)17-4/h9-10H,5-8H2,1-4H3,(H,14,16). The van der Waals surface area contributed by atoms with Crippen LogP contribution in [-0.2, 0) is 19.0 Å². The average molecular weight is 273 g/mol. The second-order valence-electron chi connectivity index (χ2n) is 5.63. The van der Waals surface area contributed by atoms with Gasteiger partial charge in [0.2, 0.25) is 0 Å². The van der Waals surface area contributed by atoms with Gasteiger partial charge in [-0.3, -0.25) is 4.79 Å². The van der Waals surface area contributed by atoms with Crippen LogP contribution >= 0.6 is 0 Å². The first kappa shape index (κ1) is 15.8. The number of rotatable bonds is 5. The third-order valence-corrected chi connectivity index (χ3v) is 2.70. The fourth-order valence-corrected chi connectivity index (χ4v) is 1.70. The zero-order valence-corrected chi connectivity index (χ0v) is 12.0. The fraction of sp³-hybridized carbons (Fsp3) is 0.846. The normalized spacial score (nSPS) is 22.3. The summed E-state index contributed by atoms with van der Waals surface area (Å²) in [6, 6.07) is 0.0953. The highest BCUT2D eigenvalue weighted by Crippen LogP contribution is 2.24. The number of nitrogens with one attached hydrogen (secondary N) is 1. The lowest BCUT2D eigenvalue weighted by molar-refractivity contribution is -0.142. The molecule has 1 saturated carbocycles. The van der Waals surface area contributed by atoms with Gasteiger partial charge in [0.05, 0.1) is 26.2 Å². The lowest BCUT2D eigenvalue weighted by Crippen LogP contribution is -2.49. The number of hydrogen-bond acceptors (Lipinski definition) is 5. The van der Waals surface area contributed by atoms with Crippen molar-refractivity contribution in [1.29, 1.82) is 0 Å². The Bertz CT molecular complexity index is 317. The van der Waals surface area contributed by atoms with Crippen molar-refractivity contribution in [3.05, 3.63) is 0 Å². The van der Waals surface area contributed by atoms with Crippen LogP contribution in [0.2, 0.25) is 0 Å². The lowest BCUT2D eigenvalue weighted by atomic mass is 9.89. The summed E-state index contributed by atoms with van der Waals surface area (Å²) < 4.78 is 15.1. The van der Waals surface area contributed by atoms with Gasteiger partial charge in [-0.05, 0) is 33.6 Å². The van der Waals surface area contributed by atoms with Crippen molar-refractivity contribution in [2.24, 2.45) is 0 Å². The minimum absolute atomic E-state index is 0.0953. The second-order valence-corrected chi connectivity index (χ2v) is 5.63. The van der Waals surface area contributed by atoms with Crippen molar-refractivity contribution >= 4 is 12.1 Å². The second kappa shape index (κ2) is 6.75. The minimum atomic E-state index is -0.482. The van der Waals surface area contributed by atoms with Crippen LogP contribution in [0.4, 0.5) is 4.79 Å². The van der Waals surface area contributed by atoms with Gasteiger partial charge in [0.1, 0.15) is 5.60 Å². The third-order valence-electron chi connectivity index (χ3n) is 2.70. The molecular weight excluding hydrogens is 250 g/mol. The maximum atomic E-state index is 11.5. The number of hydrogen-bond donors (Lipinski definition) is 1.